The maximum Gasteiger partial charge on any atom is -1.00 e. The third-order valence-corrected chi connectivity index (χ3v) is 6.74. The summed E-state index contributed by atoms with van der Waals surface area (Å²) >= 11 is 1.55. The normalized spacial score (nSPS) is 15.2. The molecule has 1 unspecified atom stereocenters. The van der Waals surface area contributed by atoms with Gasteiger partial charge in [0.05, 0.1) is 0 Å². The Morgan fingerprint density at radius 2 is 1.15 bits per heavy atom. The number of benzene rings is 2. The molecule has 0 bridgehead atoms. The summed E-state index contributed by atoms with van der Waals surface area (Å²) in [5, 5.41) is 5.48. The number of rotatable bonds is 1. The zero-order chi connectivity index (χ0) is 28.3. The third kappa shape index (κ3) is 10.8. The second-order valence-electron chi connectivity index (χ2n) is 13.8. The van der Waals surface area contributed by atoms with Gasteiger partial charge in [-0.1, -0.05) is 129 Å². The molecule has 0 radical (unpaired) electrons. The van der Waals surface area contributed by atoms with Gasteiger partial charge < -0.3 is 24.8 Å². The fraction of sp³-hybridized carbons (Fsp3) is 0.500. The van der Waals surface area contributed by atoms with E-state index in [1.807, 2.05) is 0 Å². The fourth-order valence-corrected chi connectivity index (χ4v) is 4.70. The summed E-state index contributed by atoms with van der Waals surface area (Å²) in [6, 6.07) is 16.2. The van der Waals surface area contributed by atoms with Gasteiger partial charge in [-0.25, -0.2) is 5.57 Å². The third-order valence-electron chi connectivity index (χ3n) is 6.74. The van der Waals surface area contributed by atoms with Crippen molar-refractivity contribution < 1.29 is 49.0 Å². The Hall–Kier alpha value is -0.877. The molecule has 0 aromatic heterocycles. The molecule has 0 saturated carbocycles. The molecule has 0 aliphatic heterocycles. The molecule has 3 aromatic rings. The molecular weight excluding hydrogens is 595 g/mol. The maximum absolute atomic E-state index is 3.48. The van der Waals surface area contributed by atoms with E-state index in [1.165, 1.54) is 47.0 Å². The first kappa shape index (κ1) is 38.1. The number of fused-ring (bicyclic) bond motifs is 3. The molecule has 0 heterocycles. The zero-order valence-electron chi connectivity index (χ0n) is 26.7. The van der Waals surface area contributed by atoms with Crippen LogP contribution < -0.4 is 24.8 Å². The summed E-state index contributed by atoms with van der Waals surface area (Å²) < 4.78 is 1.51. The van der Waals surface area contributed by atoms with Gasteiger partial charge in [0.15, 0.2) is 0 Å². The van der Waals surface area contributed by atoms with Gasteiger partial charge in [-0.05, 0) is 10.8 Å². The van der Waals surface area contributed by atoms with Gasteiger partial charge >= 0.3 is 41.3 Å². The molecule has 0 saturated heterocycles. The summed E-state index contributed by atoms with van der Waals surface area (Å²) in [6.07, 6.45) is 6.95. The van der Waals surface area contributed by atoms with Crippen molar-refractivity contribution in [2.45, 2.75) is 107 Å². The Kier molecular flexibility index (Phi) is 14.5. The number of hydrogen-bond donors (Lipinski definition) is 0. The summed E-state index contributed by atoms with van der Waals surface area (Å²) in [5.41, 5.74) is 6.43. The predicted octanol–water partition coefficient (Wildman–Crippen LogP) is 4.81. The van der Waals surface area contributed by atoms with E-state index in [0.717, 1.165) is 6.42 Å². The maximum atomic E-state index is 3.48. The van der Waals surface area contributed by atoms with Crippen LogP contribution in [0, 0.1) is 17.4 Å². The van der Waals surface area contributed by atoms with E-state index in [-0.39, 0.29) is 35.6 Å². The van der Waals surface area contributed by atoms with Crippen molar-refractivity contribution >= 4 is 24.8 Å². The van der Waals surface area contributed by atoms with Crippen molar-refractivity contribution in [3.05, 3.63) is 76.9 Å². The first-order chi connectivity index (χ1) is 16.8. The number of halogens is 2. The minimum atomic E-state index is 0. The molecule has 0 fully saturated rings. The molecule has 1 aliphatic rings. The van der Waals surface area contributed by atoms with E-state index < -0.39 is 0 Å². The van der Waals surface area contributed by atoms with Crippen molar-refractivity contribution in [3.63, 3.8) is 0 Å². The molecule has 4 rings (SSSR count). The molecule has 214 valence electrons. The Balaban J connectivity index is 0.000000687. The standard InChI is InChI=1S/C21H25.C12H19.C3H6.2ClH.Zr/c1-20(2,3)16-7-9-18-14(12-16)11-15-13-17(21(4,5)6)8-10-19(15)18;1-6-10-7-9(2)8-11(10)12(3,4)5;1-3-2;;;/h7-13H,1-6H3;8-9H,6H2,1-5H3;1-2H3;2*1H;/q2*-1;;;;+2/p-2. The van der Waals surface area contributed by atoms with Crippen molar-refractivity contribution in [3.8, 4) is 0 Å². The van der Waals surface area contributed by atoms with Crippen LogP contribution in [0.15, 0.2) is 59.7 Å². The first-order valence-electron chi connectivity index (χ1n) is 13.9. The van der Waals surface area contributed by atoms with E-state index in [4.69, 9.17) is 0 Å². The largest absolute Gasteiger partial charge is 1.00 e. The molecule has 1 atom stereocenters. The minimum Gasteiger partial charge on any atom is -1.00 e. The molecular formula is C36H50Cl2Zr-2. The molecule has 0 spiro atoms. The van der Waals surface area contributed by atoms with Crippen LogP contribution in [-0.4, -0.2) is 3.21 Å². The van der Waals surface area contributed by atoms with E-state index in [2.05, 4.69) is 145 Å². The van der Waals surface area contributed by atoms with Gasteiger partial charge in [-0.3, -0.25) is 6.08 Å². The van der Waals surface area contributed by atoms with Crippen LogP contribution >= 0.6 is 0 Å². The van der Waals surface area contributed by atoms with Crippen molar-refractivity contribution in [2.24, 2.45) is 11.3 Å². The zero-order valence-corrected chi connectivity index (χ0v) is 30.6. The van der Waals surface area contributed by atoms with Crippen molar-refractivity contribution in [1.29, 1.82) is 0 Å². The van der Waals surface area contributed by atoms with Crippen LogP contribution in [0.2, 0.25) is 0 Å². The topological polar surface area (TPSA) is 0 Å². The predicted molar refractivity (Wildman–Crippen MR) is 165 cm³/mol. The quantitative estimate of drug-likeness (QED) is 0.334. The average molecular weight is 645 g/mol. The Bertz CT molecular complexity index is 1230. The second-order valence-corrected chi connectivity index (χ2v) is 16.3. The van der Waals surface area contributed by atoms with Crippen LogP contribution in [0.25, 0.3) is 21.5 Å². The number of allylic oxidation sites excluding steroid dienone is 4. The molecule has 3 heteroatoms. The van der Waals surface area contributed by atoms with Gasteiger partial charge in [-0.15, -0.1) is 39.7 Å². The van der Waals surface area contributed by atoms with Crippen LogP contribution in [0.4, 0.5) is 0 Å². The van der Waals surface area contributed by atoms with E-state index in [0.29, 0.717) is 11.3 Å². The average Bonchev–Trinajstić information content (AvgIpc) is 3.31. The molecule has 39 heavy (non-hydrogen) atoms. The van der Waals surface area contributed by atoms with Gasteiger partial charge in [0.2, 0.25) is 0 Å². The smallest absolute Gasteiger partial charge is 1.00 e. The summed E-state index contributed by atoms with van der Waals surface area (Å²) in [5.74, 6) is 0.522. The molecule has 1 aliphatic carbocycles. The van der Waals surface area contributed by atoms with E-state index >= 15 is 0 Å². The monoisotopic (exact) mass is 642 g/mol. The molecule has 3 aromatic carbocycles. The summed E-state index contributed by atoms with van der Waals surface area (Å²) in [6.45, 7) is 29.1. The van der Waals surface area contributed by atoms with Gasteiger partial charge in [-0.2, -0.15) is 11.6 Å². The SMILES string of the molecule is CC(C)(C)c1ccc2c(c1)[cH-]c1cc(C(C)(C)C)ccc12.CCC1=[C-]C(C)C=C1C(C)(C)C.C[C](C)=[Zr+2].[Cl-].[Cl-]. The summed E-state index contributed by atoms with van der Waals surface area (Å²) in [4.78, 5) is 0. The first-order valence-corrected chi connectivity index (χ1v) is 15.1. The van der Waals surface area contributed by atoms with E-state index in [9.17, 15) is 0 Å². The Morgan fingerprint density at radius 3 is 1.44 bits per heavy atom. The van der Waals surface area contributed by atoms with Crippen molar-refractivity contribution in [1.82, 2.24) is 0 Å². The van der Waals surface area contributed by atoms with Crippen LogP contribution in [0.5, 0.6) is 0 Å². The van der Waals surface area contributed by atoms with Crippen LogP contribution in [0.3, 0.4) is 0 Å². The summed E-state index contributed by atoms with van der Waals surface area (Å²) in [7, 11) is 0. The van der Waals surface area contributed by atoms with Gasteiger partial charge in [0.25, 0.3) is 0 Å². The van der Waals surface area contributed by atoms with Gasteiger partial charge in [0, 0.05) is 0 Å². The molecule has 0 amide bonds. The Labute approximate surface area is 267 Å². The Morgan fingerprint density at radius 1 is 0.769 bits per heavy atom. The van der Waals surface area contributed by atoms with E-state index in [1.54, 1.807) is 24.2 Å². The van der Waals surface area contributed by atoms with Crippen LogP contribution in [0.1, 0.15) is 108 Å². The van der Waals surface area contributed by atoms with Gasteiger partial charge in [0.1, 0.15) is 0 Å². The van der Waals surface area contributed by atoms with Crippen LogP contribution in [-0.2, 0) is 35.1 Å². The molecule has 0 N–H and O–H groups in total. The number of hydrogen-bond acceptors (Lipinski definition) is 0. The van der Waals surface area contributed by atoms with Crippen molar-refractivity contribution in [2.75, 3.05) is 0 Å². The fourth-order valence-electron chi connectivity index (χ4n) is 4.70. The minimum absolute atomic E-state index is 0. The molecule has 0 nitrogen and oxygen atoms in total. The second kappa shape index (κ2) is 14.8.